The first kappa shape index (κ1) is 14.0. The highest BCUT2D eigenvalue weighted by Gasteiger charge is 2.36. The van der Waals surface area contributed by atoms with E-state index >= 15 is 0 Å². The molecule has 0 spiro atoms. The topological polar surface area (TPSA) is 50.2 Å². The molecule has 5 heteroatoms. The summed E-state index contributed by atoms with van der Waals surface area (Å²) in [6, 6.07) is 14.8. The second kappa shape index (κ2) is 6.12. The molecule has 0 aliphatic rings. The van der Waals surface area contributed by atoms with Crippen molar-refractivity contribution in [1.29, 1.82) is 0 Å². The number of carbonyl (C=O) groups is 1. The molecule has 0 amide bonds. The van der Waals surface area contributed by atoms with E-state index in [-0.39, 0.29) is 0 Å². The van der Waals surface area contributed by atoms with Crippen LogP contribution in [0.4, 0.5) is 0 Å². The third-order valence-corrected chi connectivity index (χ3v) is 5.67. The number of carboxylic acids is 1. The van der Waals surface area contributed by atoms with Gasteiger partial charge in [0.1, 0.15) is 9.77 Å². The zero-order valence-corrected chi connectivity index (χ0v) is 11.9. The number of pyridine rings is 1. The highest BCUT2D eigenvalue weighted by molar-refractivity contribution is 8.77. The summed E-state index contributed by atoms with van der Waals surface area (Å²) < 4.78 is -0.997. The highest BCUT2D eigenvalue weighted by atomic mass is 33.1. The van der Waals surface area contributed by atoms with Crippen molar-refractivity contribution in [3.63, 3.8) is 0 Å². The molecule has 0 bridgehead atoms. The lowest BCUT2D eigenvalue weighted by molar-refractivity contribution is -0.139. The summed E-state index contributed by atoms with van der Waals surface area (Å²) in [6.45, 7) is 1.71. The predicted octanol–water partition coefficient (Wildman–Crippen LogP) is 3.82. The number of carboxylic acid groups (broad SMARTS) is 1. The summed E-state index contributed by atoms with van der Waals surface area (Å²) in [7, 11) is 2.67. The van der Waals surface area contributed by atoms with Crippen molar-refractivity contribution in [2.45, 2.75) is 16.7 Å². The second-order valence-electron chi connectivity index (χ2n) is 4.04. The van der Waals surface area contributed by atoms with Crippen LogP contribution in [0.5, 0.6) is 0 Å². The van der Waals surface area contributed by atoms with Gasteiger partial charge in [-0.15, -0.1) is 0 Å². The number of rotatable bonds is 5. The summed E-state index contributed by atoms with van der Waals surface area (Å²) in [4.78, 5) is 15.8. The molecule has 0 saturated carbocycles. The van der Waals surface area contributed by atoms with Crippen molar-refractivity contribution < 1.29 is 9.90 Å². The molecule has 2 rings (SSSR count). The van der Waals surface area contributed by atoms with Crippen LogP contribution in [0, 0.1) is 0 Å². The van der Waals surface area contributed by atoms with Crippen molar-refractivity contribution >= 4 is 27.6 Å². The summed E-state index contributed by atoms with van der Waals surface area (Å²) in [5.41, 5.74) is 0.774. The van der Waals surface area contributed by atoms with Gasteiger partial charge in [-0.25, -0.2) is 4.98 Å². The van der Waals surface area contributed by atoms with Crippen LogP contribution < -0.4 is 0 Å². The second-order valence-corrected chi connectivity index (χ2v) is 6.61. The van der Waals surface area contributed by atoms with Crippen LogP contribution in [0.15, 0.2) is 59.8 Å². The minimum absolute atomic E-state index is 0.774. The number of nitrogens with zero attached hydrogens (tertiary/aromatic N) is 1. The van der Waals surface area contributed by atoms with Gasteiger partial charge >= 0.3 is 5.97 Å². The molecular weight excluding hydrogens is 278 g/mol. The standard InChI is InChI=1S/C14H13NO2S2/c1-14(13(16)17,11-7-3-2-4-8-11)19-18-12-9-5-6-10-15-12/h2-10H,1H3,(H,16,17). The SMILES string of the molecule is CC(SSc1ccccn1)(C(=O)O)c1ccccc1. The van der Waals surface area contributed by atoms with Gasteiger partial charge in [-0.05, 0) is 35.4 Å². The lowest BCUT2D eigenvalue weighted by atomic mass is 10.0. The Morgan fingerprint density at radius 1 is 1.16 bits per heavy atom. The summed E-state index contributed by atoms with van der Waals surface area (Å²) in [5.74, 6) is -0.855. The van der Waals surface area contributed by atoms with E-state index in [1.165, 1.54) is 21.6 Å². The van der Waals surface area contributed by atoms with E-state index in [1.54, 1.807) is 13.1 Å². The number of hydrogen-bond donors (Lipinski definition) is 1. The van der Waals surface area contributed by atoms with E-state index < -0.39 is 10.7 Å². The molecule has 2 aromatic rings. The molecule has 1 unspecified atom stereocenters. The fourth-order valence-corrected chi connectivity index (χ4v) is 3.83. The number of aromatic nitrogens is 1. The Balaban J connectivity index is 2.19. The fraction of sp³-hybridized carbons (Fsp3) is 0.143. The minimum atomic E-state index is -0.997. The van der Waals surface area contributed by atoms with E-state index in [1.807, 2.05) is 48.5 Å². The van der Waals surface area contributed by atoms with Gasteiger partial charge in [-0.3, -0.25) is 4.79 Å². The third kappa shape index (κ3) is 3.30. The third-order valence-electron chi connectivity index (χ3n) is 2.66. The zero-order chi connectivity index (χ0) is 13.7. The Hall–Kier alpha value is -1.46. The molecular formula is C14H13NO2S2. The van der Waals surface area contributed by atoms with E-state index in [0.29, 0.717) is 0 Å². The molecule has 19 heavy (non-hydrogen) atoms. The fourth-order valence-electron chi connectivity index (χ4n) is 1.49. The monoisotopic (exact) mass is 291 g/mol. The normalized spacial score (nSPS) is 13.7. The quantitative estimate of drug-likeness (QED) is 0.849. The van der Waals surface area contributed by atoms with Gasteiger partial charge in [-0.1, -0.05) is 47.2 Å². The number of benzene rings is 1. The maximum Gasteiger partial charge on any atom is 0.324 e. The lowest BCUT2D eigenvalue weighted by Gasteiger charge is -2.23. The molecule has 1 atom stereocenters. The van der Waals surface area contributed by atoms with Crippen molar-refractivity contribution in [3.05, 3.63) is 60.3 Å². The Morgan fingerprint density at radius 3 is 2.42 bits per heavy atom. The van der Waals surface area contributed by atoms with Gasteiger partial charge in [0.2, 0.25) is 0 Å². The summed E-state index contributed by atoms with van der Waals surface area (Å²) in [5, 5.41) is 10.3. The maximum atomic E-state index is 11.6. The highest BCUT2D eigenvalue weighted by Crippen LogP contribution is 2.46. The van der Waals surface area contributed by atoms with Crippen LogP contribution in [-0.2, 0) is 9.54 Å². The largest absolute Gasteiger partial charge is 0.480 e. The van der Waals surface area contributed by atoms with Gasteiger partial charge < -0.3 is 5.11 Å². The molecule has 0 saturated heterocycles. The first-order valence-corrected chi connectivity index (χ1v) is 7.83. The van der Waals surface area contributed by atoms with Gasteiger partial charge in [-0.2, -0.15) is 0 Å². The molecule has 1 heterocycles. The van der Waals surface area contributed by atoms with Crippen LogP contribution in [0.3, 0.4) is 0 Å². The first-order valence-electron chi connectivity index (χ1n) is 5.68. The van der Waals surface area contributed by atoms with Crippen molar-refractivity contribution in [2.75, 3.05) is 0 Å². The van der Waals surface area contributed by atoms with Gasteiger partial charge in [0.25, 0.3) is 0 Å². The average Bonchev–Trinajstić information content (AvgIpc) is 2.46. The van der Waals surface area contributed by atoms with E-state index in [2.05, 4.69) is 4.98 Å². The molecule has 1 aromatic heterocycles. The minimum Gasteiger partial charge on any atom is -0.480 e. The molecule has 0 fully saturated rings. The van der Waals surface area contributed by atoms with Gasteiger partial charge in [0.15, 0.2) is 0 Å². The van der Waals surface area contributed by atoms with Crippen LogP contribution in [0.25, 0.3) is 0 Å². The van der Waals surface area contributed by atoms with Crippen molar-refractivity contribution in [1.82, 2.24) is 4.98 Å². The Labute approximate surface area is 119 Å². The van der Waals surface area contributed by atoms with Crippen molar-refractivity contribution in [3.8, 4) is 0 Å². The Kier molecular flexibility index (Phi) is 4.50. The molecule has 1 N–H and O–H groups in total. The molecule has 98 valence electrons. The molecule has 3 nitrogen and oxygen atoms in total. The summed E-state index contributed by atoms with van der Waals surface area (Å²) >= 11 is 0. The lowest BCUT2D eigenvalue weighted by Crippen LogP contribution is -2.27. The Bertz CT molecular complexity index is 548. The molecule has 1 aromatic carbocycles. The smallest absolute Gasteiger partial charge is 0.324 e. The predicted molar refractivity (Wildman–Crippen MR) is 79.1 cm³/mol. The summed E-state index contributed by atoms with van der Waals surface area (Å²) in [6.07, 6.45) is 1.70. The van der Waals surface area contributed by atoms with E-state index in [4.69, 9.17) is 0 Å². The molecule has 0 aliphatic carbocycles. The van der Waals surface area contributed by atoms with E-state index in [0.717, 1.165) is 10.6 Å². The zero-order valence-electron chi connectivity index (χ0n) is 10.3. The number of hydrogen-bond acceptors (Lipinski definition) is 4. The Morgan fingerprint density at radius 2 is 1.84 bits per heavy atom. The van der Waals surface area contributed by atoms with Gasteiger partial charge in [0, 0.05) is 6.20 Å². The number of aliphatic carboxylic acids is 1. The molecule has 0 aliphatic heterocycles. The van der Waals surface area contributed by atoms with Crippen LogP contribution in [0.2, 0.25) is 0 Å². The molecule has 0 radical (unpaired) electrons. The van der Waals surface area contributed by atoms with Crippen LogP contribution >= 0.6 is 21.6 Å². The maximum absolute atomic E-state index is 11.6. The first-order chi connectivity index (χ1) is 9.13. The van der Waals surface area contributed by atoms with Crippen LogP contribution in [0.1, 0.15) is 12.5 Å². The average molecular weight is 291 g/mol. The van der Waals surface area contributed by atoms with E-state index in [9.17, 15) is 9.90 Å². The van der Waals surface area contributed by atoms with Crippen LogP contribution in [-0.4, -0.2) is 16.1 Å². The van der Waals surface area contributed by atoms with Gasteiger partial charge in [0.05, 0.1) is 0 Å². The van der Waals surface area contributed by atoms with Crippen molar-refractivity contribution in [2.24, 2.45) is 0 Å².